The zero-order chi connectivity index (χ0) is 16.1. The maximum absolute atomic E-state index is 12.1. The van der Waals surface area contributed by atoms with E-state index in [4.69, 9.17) is 21.1 Å². The van der Waals surface area contributed by atoms with Gasteiger partial charge in [-0.3, -0.25) is 4.79 Å². The molecule has 0 bridgehead atoms. The summed E-state index contributed by atoms with van der Waals surface area (Å²) in [7, 11) is 2.98. The summed E-state index contributed by atoms with van der Waals surface area (Å²) in [6.07, 6.45) is 0.0411. The van der Waals surface area contributed by atoms with Gasteiger partial charge in [-0.1, -0.05) is 29.8 Å². The van der Waals surface area contributed by atoms with Crippen molar-refractivity contribution >= 4 is 23.2 Å². The van der Waals surface area contributed by atoms with Gasteiger partial charge in [0, 0.05) is 11.6 Å². The second kappa shape index (κ2) is 7.04. The normalized spacial score (nSPS) is 10.1. The first-order valence-corrected chi connectivity index (χ1v) is 6.91. The Hall–Kier alpha value is -2.40. The highest BCUT2D eigenvalue weighted by molar-refractivity contribution is 6.32. The van der Waals surface area contributed by atoms with Crippen LogP contribution in [0, 0.1) is 0 Å². The van der Waals surface area contributed by atoms with Gasteiger partial charge in [0.05, 0.1) is 31.4 Å². The van der Waals surface area contributed by atoms with Crippen LogP contribution < -0.4 is 14.8 Å². The second-order valence-corrected chi connectivity index (χ2v) is 4.95. The number of anilines is 1. The number of phenols is 1. The van der Waals surface area contributed by atoms with Crippen molar-refractivity contribution in [2.45, 2.75) is 6.42 Å². The van der Waals surface area contributed by atoms with Crippen molar-refractivity contribution in [2.75, 3.05) is 19.5 Å². The smallest absolute Gasteiger partial charge is 0.229 e. The number of ether oxygens (including phenoxy) is 2. The number of aromatic hydroxyl groups is 1. The molecule has 0 radical (unpaired) electrons. The van der Waals surface area contributed by atoms with E-state index in [9.17, 15) is 9.90 Å². The largest absolute Gasteiger partial charge is 0.508 e. The molecule has 2 N–H and O–H groups in total. The van der Waals surface area contributed by atoms with Gasteiger partial charge in [-0.25, -0.2) is 0 Å². The molecule has 22 heavy (non-hydrogen) atoms. The SMILES string of the molecule is COc1cc(OC)c(NC(=O)Cc2ccccc2O)cc1Cl. The third kappa shape index (κ3) is 3.62. The van der Waals surface area contributed by atoms with Crippen LogP contribution in [0.4, 0.5) is 5.69 Å². The number of para-hydroxylation sites is 1. The molecule has 0 heterocycles. The van der Waals surface area contributed by atoms with Crippen LogP contribution in [0.15, 0.2) is 36.4 Å². The lowest BCUT2D eigenvalue weighted by Gasteiger charge is -2.13. The predicted molar refractivity (Wildman–Crippen MR) is 85.0 cm³/mol. The van der Waals surface area contributed by atoms with Crippen molar-refractivity contribution in [3.63, 3.8) is 0 Å². The molecular formula is C16H16ClNO4. The lowest BCUT2D eigenvalue weighted by atomic mass is 10.1. The van der Waals surface area contributed by atoms with Crippen LogP contribution >= 0.6 is 11.6 Å². The van der Waals surface area contributed by atoms with Crippen LogP contribution in [0.3, 0.4) is 0 Å². The number of amides is 1. The van der Waals surface area contributed by atoms with Gasteiger partial charge in [0.1, 0.15) is 17.2 Å². The van der Waals surface area contributed by atoms with E-state index < -0.39 is 0 Å². The quantitative estimate of drug-likeness (QED) is 0.887. The Morgan fingerprint density at radius 3 is 2.50 bits per heavy atom. The van der Waals surface area contributed by atoms with E-state index in [0.29, 0.717) is 27.8 Å². The Labute approximate surface area is 133 Å². The van der Waals surface area contributed by atoms with Gasteiger partial charge >= 0.3 is 0 Å². The second-order valence-electron chi connectivity index (χ2n) is 4.54. The van der Waals surface area contributed by atoms with Crippen molar-refractivity contribution in [2.24, 2.45) is 0 Å². The maximum Gasteiger partial charge on any atom is 0.229 e. The van der Waals surface area contributed by atoms with Crippen LogP contribution in [0.5, 0.6) is 17.2 Å². The standard InChI is InChI=1S/C16H16ClNO4/c1-21-14-9-15(22-2)12(8-11(14)17)18-16(20)7-10-5-3-4-6-13(10)19/h3-6,8-9,19H,7H2,1-2H3,(H,18,20). The van der Waals surface area contributed by atoms with E-state index >= 15 is 0 Å². The molecule has 2 aromatic rings. The van der Waals surface area contributed by atoms with Crippen LogP contribution in [0.25, 0.3) is 0 Å². The minimum atomic E-state index is -0.291. The van der Waals surface area contributed by atoms with Crippen molar-refractivity contribution < 1.29 is 19.4 Å². The molecule has 1 amide bonds. The number of hydrogen-bond acceptors (Lipinski definition) is 4. The van der Waals surface area contributed by atoms with Crippen LogP contribution in [0.1, 0.15) is 5.56 Å². The third-order valence-corrected chi connectivity index (χ3v) is 3.39. The molecule has 0 saturated carbocycles. The molecule has 6 heteroatoms. The molecule has 2 aromatic carbocycles. The first-order chi connectivity index (χ1) is 10.5. The molecule has 0 fully saturated rings. The van der Waals surface area contributed by atoms with E-state index in [1.807, 2.05) is 0 Å². The highest BCUT2D eigenvalue weighted by Crippen LogP contribution is 2.36. The van der Waals surface area contributed by atoms with Gasteiger partial charge in [-0.2, -0.15) is 0 Å². The third-order valence-electron chi connectivity index (χ3n) is 3.09. The highest BCUT2D eigenvalue weighted by atomic mass is 35.5. The van der Waals surface area contributed by atoms with E-state index in [0.717, 1.165) is 0 Å². The van der Waals surface area contributed by atoms with Gasteiger partial charge in [-0.05, 0) is 12.1 Å². The Morgan fingerprint density at radius 2 is 1.86 bits per heavy atom. The summed E-state index contributed by atoms with van der Waals surface area (Å²) in [6, 6.07) is 9.83. The Kier molecular flexibility index (Phi) is 5.12. The van der Waals surface area contributed by atoms with Gasteiger partial charge in [0.2, 0.25) is 5.91 Å². The van der Waals surface area contributed by atoms with E-state index in [1.165, 1.54) is 20.3 Å². The van der Waals surface area contributed by atoms with Gasteiger partial charge < -0.3 is 19.9 Å². The fourth-order valence-electron chi connectivity index (χ4n) is 1.99. The number of halogens is 1. The van der Waals surface area contributed by atoms with E-state index in [1.54, 1.807) is 30.3 Å². The Morgan fingerprint density at radius 1 is 1.18 bits per heavy atom. The molecule has 0 aromatic heterocycles. The minimum absolute atomic E-state index is 0.0411. The van der Waals surface area contributed by atoms with Crippen molar-refractivity contribution in [1.82, 2.24) is 0 Å². The molecule has 116 valence electrons. The molecule has 2 rings (SSSR count). The lowest BCUT2D eigenvalue weighted by molar-refractivity contribution is -0.115. The number of phenolic OH excluding ortho intramolecular Hbond substituents is 1. The first kappa shape index (κ1) is 16.0. The summed E-state index contributed by atoms with van der Waals surface area (Å²) in [5.74, 6) is 0.683. The van der Waals surface area contributed by atoms with E-state index in [2.05, 4.69) is 5.32 Å². The maximum atomic E-state index is 12.1. The van der Waals surface area contributed by atoms with Gasteiger partial charge in [0.15, 0.2) is 0 Å². The average molecular weight is 322 g/mol. The molecule has 0 aliphatic heterocycles. The molecule has 0 atom stereocenters. The molecule has 0 unspecified atom stereocenters. The summed E-state index contributed by atoms with van der Waals surface area (Å²) in [5, 5.41) is 12.8. The number of benzene rings is 2. The van der Waals surface area contributed by atoms with Gasteiger partial charge in [0.25, 0.3) is 0 Å². The topological polar surface area (TPSA) is 67.8 Å². The average Bonchev–Trinajstić information content (AvgIpc) is 2.50. The molecule has 0 aliphatic rings. The molecule has 0 saturated heterocycles. The van der Waals surface area contributed by atoms with Crippen LogP contribution in [0.2, 0.25) is 5.02 Å². The molecule has 0 spiro atoms. The summed E-state index contributed by atoms with van der Waals surface area (Å²) in [6.45, 7) is 0. The number of hydrogen-bond donors (Lipinski definition) is 2. The summed E-state index contributed by atoms with van der Waals surface area (Å²) < 4.78 is 10.3. The number of carbonyl (C=O) groups is 1. The Bertz CT molecular complexity index is 688. The highest BCUT2D eigenvalue weighted by Gasteiger charge is 2.13. The van der Waals surface area contributed by atoms with Gasteiger partial charge in [-0.15, -0.1) is 0 Å². The zero-order valence-electron chi connectivity index (χ0n) is 12.2. The van der Waals surface area contributed by atoms with Crippen molar-refractivity contribution in [3.05, 3.63) is 47.0 Å². The summed E-state index contributed by atoms with van der Waals surface area (Å²) >= 11 is 6.06. The minimum Gasteiger partial charge on any atom is -0.508 e. The zero-order valence-corrected chi connectivity index (χ0v) is 13.0. The number of carbonyl (C=O) groups excluding carboxylic acids is 1. The van der Waals surface area contributed by atoms with Crippen molar-refractivity contribution in [3.8, 4) is 17.2 Å². The van der Waals surface area contributed by atoms with Crippen molar-refractivity contribution in [1.29, 1.82) is 0 Å². The number of methoxy groups -OCH3 is 2. The number of rotatable bonds is 5. The summed E-state index contributed by atoms with van der Waals surface area (Å²) in [4.78, 5) is 12.1. The Balaban J connectivity index is 2.18. The van der Waals surface area contributed by atoms with Crippen LogP contribution in [-0.2, 0) is 11.2 Å². The molecule has 0 aliphatic carbocycles. The fourth-order valence-corrected chi connectivity index (χ4v) is 2.23. The predicted octanol–water partition coefficient (Wildman–Crippen LogP) is 3.24. The lowest BCUT2D eigenvalue weighted by Crippen LogP contribution is -2.15. The monoisotopic (exact) mass is 321 g/mol. The molecule has 5 nitrogen and oxygen atoms in total. The van der Waals surface area contributed by atoms with E-state index in [-0.39, 0.29) is 18.1 Å². The molecular weight excluding hydrogens is 306 g/mol. The fraction of sp³-hybridized carbons (Fsp3) is 0.188. The first-order valence-electron chi connectivity index (χ1n) is 6.53. The number of nitrogens with one attached hydrogen (secondary N) is 1. The summed E-state index contributed by atoms with van der Waals surface area (Å²) in [5.41, 5.74) is 0.979. The van der Waals surface area contributed by atoms with Crippen LogP contribution in [-0.4, -0.2) is 25.2 Å².